The van der Waals surface area contributed by atoms with E-state index in [0.717, 1.165) is 19.3 Å². The van der Waals surface area contributed by atoms with Crippen molar-refractivity contribution in [2.75, 3.05) is 26.2 Å². The molecule has 2 saturated heterocycles. The molecule has 2 atom stereocenters. The molecule has 1 aromatic carbocycles. The van der Waals surface area contributed by atoms with Crippen LogP contribution in [0.2, 0.25) is 0 Å². The van der Waals surface area contributed by atoms with Gasteiger partial charge in [0.1, 0.15) is 6.04 Å². The minimum Gasteiger partial charge on any atom is -0.339 e. The van der Waals surface area contributed by atoms with Gasteiger partial charge in [0, 0.05) is 38.1 Å². The second-order valence-electron chi connectivity index (χ2n) is 7.67. The van der Waals surface area contributed by atoms with E-state index in [2.05, 4.69) is 23.0 Å². The Bertz CT molecular complexity index is 636. The molecule has 3 aliphatic rings. The lowest BCUT2D eigenvalue weighted by molar-refractivity contribution is -0.142. The van der Waals surface area contributed by atoms with Gasteiger partial charge in [0.15, 0.2) is 0 Å². The summed E-state index contributed by atoms with van der Waals surface area (Å²) >= 11 is 0. The molecule has 2 amide bonds. The van der Waals surface area contributed by atoms with E-state index in [-0.39, 0.29) is 23.9 Å². The molecule has 1 aromatic rings. The lowest BCUT2D eigenvalue weighted by Crippen LogP contribution is -2.55. The molecule has 0 aromatic heterocycles. The van der Waals surface area contributed by atoms with Crippen LogP contribution in [-0.2, 0) is 9.59 Å². The average Bonchev–Trinajstić information content (AvgIpc) is 3.40. The number of benzene rings is 1. The van der Waals surface area contributed by atoms with Crippen molar-refractivity contribution in [2.45, 2.75) is 44.2 Å². The van der Waals surface area contributed by atoms with Gasteiger partial charge >= 0.3 is 0 Å². The van der Waals surface area contributed by atoms with E-state index in [1.807, 2.05) is 28.0 Å². The monoisotopic (exact) mass is 356 g/mol. The molecule has 0 bridgehead atoms. The van der Waals surface area contributed by atoms with Crippen LogP contribution in [0.1, 0.15) is 43.7 Å². The first-order valence-corrected chi connectivity index (χ1v) is 9.86. The third-order valence-corrected chi connectivity index (χ3v) is 6.01. The molecule has 1 saturated carbocycles. The summed E-state index contributed by atoms with van der Waals surface area (Å²) in [5.74, 6) is 0.674. The Kier molecular flexibility index (Phi) is 5.22. The summed E-state index contributed by atoms with van der Waals surface area (Å²) in [7, 11) is 0. The van der Waals surface area contributed by atoms with Crippen LogP contribution in [0.5, 0.6) is 0 Å². The number of rotatable bonds is 3. The lowest BCUT2D eigenvalue weighted by Gasteiger charge is -2.37. The number of hydrogen-bond donors (Lipinski definition) is 2. The van der Waals surface area contributed by atoms with Gasteiger partial charge in [-0.25, -0.2) is 10.9 Å². The summed E-state index contributed by atoms with van der Waals surface area (Å²) in [6.45, 7) is 2.63. The van der Waals surface area contributed by atoms with Crippen LogP contribution < -0.4 is 10.9 Å². The summed E-state index contributed by atoms with van der Waals surface area (Å²) in [6, 6.07) is 10.2. The molecule has 0 radical (unpaired) electrons. The van der Waals surface area contributed by atoms with Crippen LogP contribution in [0.25, 0.3) is 0 Å². The van der Waals surface area contributed by atoms with Crippen LogP contribution in [0.15, 0.2) is 30.3 Å². The molecule has 140 valence electrons. The number of piperazine rings is 1. The Morgan fingerprint density at radius 3 is 2.12 bits per heavy atom. The zero-order valence-electron chi connectivity index (χ0n) is 15.2. The van der Waals surface area contributed by atoms with Crippen LogP contribution in [0.4, 0.5) is 0 Å². The van der Waals surface area contributed by atoms with E-state index in [4.69, 9.17) is 0 Å². The quantitative estimate of drug-likeness (QED) is 0.861. The van der Waals surface area contributed by atoms with E-state index < -0.39 is 0 Å². The summed E-state index contributed by atoms with van der Waals surface area (Å²) < 4.78 is 0. The summed E-state index contributed by atoms with van der Waals surface area (Å²) in [5.41, 5.74) is 7.60. The van der Waals surface area contributed by atoms with Gasteiger partial charge in [-0.1, -0.05) is 43.2 Å². The maximum absolute atomic E-state index is 12.8. The fourth-order valence-corrected chi connectivity index (χ4v) is 4.42. The van der Waals surface area contributed by atoms with Gasteiger partial charge in [0.2, 0.25) is 11.8 Å². The second-order valence-corrected chi connectivity index (χ2v) is 7.67. The Labute approximate surface area is 154 Å². The molecule has 3 fully saturated rings. The number of carbonyl (C=O) groups is 2. The van der Waals surface area contributed by atoms with Crippen molar-refractivity contribution < 1.29 is 9.59 Å². The van der Waals surface area contributed by atoms with E-state index in [9.17, 15) is 9.59 Å². The molecule has 26 heavy (non-hydrogen) atoms. The predicted octanol–water partition coefficient (Wildman–Crippen LogP) is 1.46. The molecule has 2 aliphatic heterocycles. The maximum Gasteiger partial charge on any atom is 0.241 e. The van der Waals surface area contributed by atoms with Crippen molar-refractivity contribution in [2.24, 2.45) is 5.92 Å². The average molecular weight is 356 g/mol. The maximum atomic E-state index is 12.8. The summed E-state index contributed by atoms with van der Waals surface area (Å²) in [4.78, 5) is 29.2. The second kappa shape index (κ2) is 7.76. The Morgan fingerprint density at radius 2 is 1.46 bits per heavy atom. The van der Waals surface area contributed by atoms with E-state index in [1.165, 1.54) is 18.4 Å². The van der Waals surface area contributed by atoms with E-state index in [1.54, 1.807) is 0 Å². The number of hydrogen-bond acceptors (Lipinski definition) is 4. The Morgan fingerprint density at radius 1 is 0.846 bits per heavy atom. The van der Waals surface area contributed by atoms with Gasteiger partial charge in [-0.2, -0.15) is 0 Å². The van der Waals surface area contributed by atoms with Gasteiger partial charge < -0.3 is 9.80 Å². The molecular formula is C20H28N4O2. The van der Waals surface area contributed by atoms with Gasteiger partial charge in [-0.05, 0) is 24.8 Å². The first kappa shape index (κ1) is 17.5. The fourth-order valence-electron chi connectivity index (χ4n) is 4.42. The highest BCUT2D eigenvalue weighted by Gasteiger charge is 2.35. The van der Waals surface area contributed by atoms with Crippen LogP contribution in [0, 0.1) is 5.92 Å². The third-order valence-electron chi connectivity index (χ3n) is 6.01. The first-order chi connectivity index (χ1) is 12.7. The number of hydrazine groups is 1. The van der Waals surface area contributed by atoms with Gasteiger partial charge in [-0.3, -0.25) is 9.59 Å². The van der Waals surface area contributed by atoms with E-state index in [0.29, 0.717) is 32.1 Å². The largest absolute Gasteiger partial charge is 0.339 e. The number of amides is 2. The standard InChI is InChI=1S/C20H28N4O2/c25-19(16-8-4-5-9-16)23-10-12-24(13-11-23)20(26)18-14-17(21-22-18)15-6-2-1-3-7-15/h1-3,6-7,16-18,21-22H,4-5,8-14H2. The smallest absolute Gasteiger partial charge is 0.241 e. The molecular weight excluding hydrogens is 328 g/mol. The van der Waals surface area contributed by atoms with Crippen LogP contribution in [0.3, 0.4) is 0 Å². The lowest BCUT2D eigenvalue weighted by atomic mass is 10.0. The molecule has 4 rings (SSSR count). The Hall–Kier alpha value is -1.92. The summed E-state index contributed by atoms with van der Waals surface area (Å²) in [6.07, 6.45) is 5.19. The van der Waals surface area contributed by atoms with Crippen molar-refractivity contribution >= 4 is 11.8 Å². The SMILES string of the molecule is O=C(C1CCCC1)N1CCN(C(=O)C2CC(c3ccccc3)NN2)CC1. The molecule has 2 heterocycles. The van der Waals surface area contributed by atoms with Crippen LogP contribution in [-0.4, -0.2) is 53.8 Å². The number of carbonyl (C=O) groups excluding carboxylic acids is 2. The highest BCUT2D eigenvalue weighted by molar-refractivity contribution is 5.83. The third kappa shape index (κ3) is 3.62. The fraction of sp³-hybridized carbons (Fsp3) is 0.600. The van der Waals surface area contributed by atoms with Crippen molar-refractivity contribution in [1.82, 2.24) is 20.7 Å². The first-order valence-electron chi connectivity index (χ1n) is 9.86. The van der Waals surface area contributed by atoms with Crippen LogP contribution >= 0.6 is 0 Å². The molecule has 6 nitrogen and oxygen atoms in total. The minimum atomic E-state index is -0.197. The molecule has 6 heteroatoms. The topological polar surface area (TPSA) is 64.7 Å². The highest BCUT2D eigenvalue weighted by Crippen LogP contribution is 2.27. The molecule has 0 spiro atoms. The number of nitrogens with zero attached hydrogens (tertiary/aromatic N) is 2. The normalized spacial score (nSPS) is 27.1. The van der Waals surface area contributed by atoms with Crippen molar-refractivity contribution in [3.05, 3.63) is 35.9 Å². The van der Waals surface area contributed by atoms with Crippen molar-refractivity contribution in [1.29, 1.82) is 0 Å². The van der Waals surface area contributed by atoms with Crippen molar-refractivity contribution in [3.63, 3.8) is 0 Å². The summed E-state index contributed by atoms with van der Waals surface area (Å²) in [5, 5.41) is 0. The molecule has 1 aliphatic carbocycles. The minimum absolute atomic E-state index is 0.142. The van der Waals surface area contributed by atoms with Gasteiger partial charge in [-0.15, -0.1) is 0 Å². The van der Waals surface area contributed by atoms with Gasteiger partial charge in [0.25, 0.3) is 0 Å². The zero-order chi connectivity index (χ0) is 17.9. The van der Waals surface area contributed by atoms with Crippen molar-refractivity contribution in [3.8, 4) is 0 Å². The number of nitrogens with one attached hydrogen (secondary N) is 2. The predicted molar refractivity (Wildman–Crippen MR) is 99.0 cm³/mol. The highest BCUT2D eigenvalue weighted by atomic mass is 16.2. The Balaban J connectivity index is 1.28. The van der Waals surface area contributed by atoms with Gasteiger partial charge in [0.05, 0.1) is 0 Å². The molecule has 2 unspecified atom stereocenters. The zero-order valence-corrected chi connectivity index (χ0v) is 15.2. The molecule has 2 N–H and O–H groups in total. The van der Waals surface area contributed by atoms with E-state index >= 15 is 0 Å².